The Kier molecular flexibility index (Phi) is 3.00. The molecule has 1 aliphatic heterocycles. The minimum Gasteiger partial charge on any atom is -0.277 e. The molecule has 0 saturated carbocycles. The molecule has 0 aromatic carbocycles. The molecule has 0 aromatic heterocycles. The van der Waals surface area contributed by atoms with E-state index in [-0.39, 0.29) is 0 Å². The van der Waals surface area contributed by atoms with Crippen LogP contribution in [0.25, 0.3) is 0 Å². The Bertz CT molecular complexity index is 230. The topological polar surface area (TPSA) is 75.3 Å². The highest BCUT2D eigenvalue weighted by molar-refractivity contribution is 6.16. The number of rotatable bonds is 3. The van der Waals surface area contributed by atoms with Gasteiger partial charge in [-0.15, -0.1) is 0 Å². The first-order valence-corrected chi connectivity index (χ1v) is 4.31. The zero-order chi connectivity index (χ0) is 9.84. The first-order valence-electron chi connectivity index (χ1n) is 4.31. The van der Waals surface area contributed by atoms with E-state index in [0.29, 0.717) is 6.42 Å². The molecule has 2 N–H and O–H groups in total. The summed E-state index contributed by atoms with van der Waals surface area (Å²) in [4.78, 5) is 32.9. The van der Waals surface area contributed by atoms with Crippen LogP contribution in [0.3, 0.4) is 0 Å². The van der Waals surface area contributed by atoms with Crippen LogP contribution < -0.4 is 10.6 Å². The molecule has 1 saturated heterocycles. The van der Waals surface area contributed by atoms with Gasteiger partial charge in [0.1, 0.15) is 5.92 Å². The van der Waals surface area contributed by atoms with Crippen LogP contribution in [0.2, 0.25) is 0 Å². The zero-order valence-corrected chi connectivity index (χ0v) is 7.42. The fourth-order valence-corrected chi connectivity index (χ4v) is 1.22. The van der Waals surface area contributed by atoms with Gasteiger partial charge in [0.2, 0.25) is 11.8 Å². The Morgan fingerprint density at radius 3 is 2.15 bits per heavy atom. The van der Waals surface area contributed by atoms with Crippen molar-refractivity contribution in [2.75, 3.05) is 0 Å². The van der Waals surface area contributed by atoms with Gasteiger partial charge >= 0.3 is 6.03 Å². The zero-order valence-electron chi connectivity index (χ0n) is 7.42. The number of carbonyl (C=O) groups excluding carboxylic acids is 3. The average molecular weight is 184 g/mol. The summed E-state index contributed by atoms with van der Waals surface area (Å²) in [6.45, 7) is 1.98. The van der Waals surface area contributed by atoms with Gasteiger partial charge in [-0.3, -0.25) is 20.2 Å². The first kappa shape index (κ1) is 9.70. The fraction of sp³-hybridized carbons (Fsp3) is 0.625. The molecule has 0 aromatic rings. The monoisotopic (exact) mass is 184 g/mol. The number of hydrogen-bond acceptors (Lipinski definition) is 3. The van der Waals surface area contributed by atoms with Gasteiger partial charge in [-0.05, 0) is 6.42 Å². The fourth-order valence-electron chi connectivity index (χ4n) is 1.22. The minimum atomic E-state index is -0.720. The maximum atomic E-state index is 11.1. The molecular weight excluding hydrogens is 172 g/mol. The summed E-state index contributed by atoms with van der Waals surface area (Å²) >= 11 is 0. The van der Waals surface area contributed by atoms with Crippen LogP contribution in [0.5, 0.6) is 0 Å². The number of amides is 4. The molecule has 0 unspecified atom stereocenters. The van der Waals surface area contributed by atoms with Crippen LogP contribution in [0.1, 0.15) is 26.2 Å². The van der Waals surface area contributed by atoms with Crippen LogP contribution in [0.15, 0.2) is 0 Å². The lowest BCUT2D eigenvalue weighted by atomic mass is 9.99. The Balaban J connectivity index is 2.56. The summed E-state index contributed by atoms with van der Waals surface area (Å²) < 4.78 is 0. The molecule has 72 valence electrons. The normalized spacial score (nSPS) is 18.4. The Morgan fingerprint density at radius 1 is 1.15 bits per heavy atom. The van der Waals surface area contributed by atoms with E-state index in [0.717, 1.165) is 12.8 Å². The van der Waals surface area contributed by atoms with Crippen LogP contribution in [-0.4, -0.2) is 17.8 Å². The summed E-state index contributed by atoms with van der Waals surface area (Å²) in [5.41, 5.74) is 0. The van der Waals surface area contributed by atoms with Crippen LogP contribution in [0.4, 0.5) is 4.79 Å². The predicted octanol–water partition coefficient (Wildman–Crippen LogP) is 0.159. The molecular formula is C8H12N2O3. The highest BCUT2D eigenvalue weighted by Gasteiger charge is 2.33. The lowest BCUT2D eigenvalue weighted by Crippen LogP contribution is -2.55. The van der Waals surface area contributed by atoms with Crippen molar-refractivity contribution < 1.29 is 14.4 Å². The van der Waals surface area contributed by atoms with Gasteiger partial charge < -0.3 is 0 Å². The lowest BCUT2D eigenvalue weighted by Gasteiger charge is -2.19. The Morgan fingerprint density at radius 2 is 1.69 bits per heavy atom. The van der Waals surface area contributed by atoms with E-state index in [1.54, 1.807) is 0 Å². The molecule has 5 heteroatoms. The number of imide groups is 2. The van der Waals surface area contributed by atoms with Crippen molar-refractivity contribution in [1.29, 1.82) is 0 Å². The minimum absolute atomic E-state index is 0.484. The number of hydrogen-bond donors (Lipinski definition) is 2. The third-order valence-electron chi connectivity index (χ3n) is 1.95. The van der Waals surface area contributed by atoms with E-state index in [1.165, 1.54) is 0 Å². The number of barbiturate groups is 1. The standard InChI is InChI=1S/C8H12N2O3/c1-2-3-4-5-6(11)9-8(13)10-7(5)12/h5H,2-4H2,1H3,(H2,9,10,11,12,13). The quantitative estimate of drug-likeness (QED) is 0.613. The van der Waals surface area contributed by atoms with Crippen molar-refractivity contribution in [3.63, 3.8) is 0 Å². The van der Waals surface area contributed by atoms with Crippen LogP contribution in [-0.2, 0) is 9.59 Å². The van der Waals surface area contributed by atoms with Gasteiger partial charge in [0, 0.05) is 0 Å². The molecule has 0 radical (unpaired) electrons. The predicted molar refractivity (Wildman–Crippen MR) is 44.7 cm³/mol. The van der Waals surface area contributed by atoms with Gasteiger partial charge in [-0.1, -0.05) is 19.8 Å². The van der Waals surface area contributed by atoms with Crippen molar-refractivity contribution in [3.8, 4) is 0 Å². The summed E-state index contributed by atoms with van der Waals surface area (Å²) in [5, 5.41) is 4.12. The van der Waals surface area contributed by atoms with Gasteiger partial charge in [0.05, 0.1) is 0 Å². The molecule has 4 amide bonds. The van der Waals surface area contributed by atoms with E-state index < -0.39 is 23.8 Å². The van der Waals surface area contributed by atoms with E-state index in [1.807, 2.05) is 6.92 Å². The molecule has 1 fully saturated rings. The van der Waals surface area contributed by atoms with Crippen molar-refractivity contribution >= 4 is 17.8 Å². The van der Waals surface area contributed by atoms with Crippen molar-refractivity contribution in [2.24, 2.45) is 5.92 Å². The average Bonchev–Trinajstić information content (AvgIpc) is 2.02. The molecule has 1 rings (SSSR count). The van der Waals surface area contributed by atoms with Gasteiger partial charge in [0.25, 0.3) is 0 Å². The second-order valence-electron chi connectivity index (χ2n) is 3.00. The number of urea groups is 1. The maximum Gasteiger partial charge on any atom is 0.328 e. The third kappa shape index (κ3) is 2.27. The van der Waals surface area contributed by atoms with E-state index in [2.05, 4.69) is 10.6 Å². The molecule has 13 heavy (non-hydrogen) atoms. The van der Waals surface area contributed by atoms with Gasteiger partial charge in [-0.25, -0.2) is 4.79 Å². The number of carbonyl (C=O) groups is 3. The molecule has 0 spiro atoms. The Labute approximate surface area is 75.9 Å². The third-order valence-corrected chi connectivity index (χ3v) is 1.95. The van der Waals surface area contributed by atoms with Crippen LogP contribution in [0, 0.1) is 5.92 Å². The summed E-state index contributed by atoms with van der Waals surface area (Å²) in [7, 11) is 0. The van der Waals surface area contributed by atoms with Crippen LogP contribution >= 0.6 is 0 Å². The van der Waals surface area contributed by atoms with E-state index in [4.69, 9.17) is 0 Å². The first-order chi connectivity index (χ1) is 6.15. The smallest absolute Gasteiger partial charge is 0.277 e. The highest BCUT2D eigenvalue weighted by atomic mass is 16.2. The summed E-state index contributed by atoms with van der Waals surface area (Å²) in [5.74, 6) is -1.66. The molecule has 0 atom stereocenters. The van der Waals surface area contributed by atoms with Crippen molar-refractivity contribution in [1.82, 2.24) is 10.6 Å². The summed E-state index contributed by atoms with van der Waals surface area (Å²) in [6.07, 6.45) is 2.23. The maximum absolute atomic E-state index is 11.1. The van der Waals surface area contributed by atoms with Crippen molar-refractivity contribution in [3.05, 3.63) is 0 Å². The molecule has 1 heterocycles. The second kappa shape index (κ2) is 4.02. The number of unbranched alkanes of at least 4 members (excludes halogenated alkanes) is 1. The van der Waals surface area contributed by atoms with E-state index >= 15 is 0 Å². The molecule has 1 aliphatic rings. The van der Waals surface area contributed by atoms with Gasteiger partial charge in [-0.2, -0.15) is 0 Å². The SMILES string of the molecule is CCCCC1C(=O)NC(=O)NC1=O. The number of nitrogens with one attached hydrogen (secondary N) is 2. The molecule has 5 nitrogen and oxygen atoms in total. The second-order valence-corrected chi connectivity index (χ2v) is 3.00. The lowest BCUT2D eigenvalue weighted by molar-refractivity contribution is -0.136. The van der Waals surface area contributed by atoms with E-state index in [9.17, 15) is 14.4 Å². The largest absolute Gasteiger partial charge is 0.328 e. The molecule has 0 bridgehead atoms. The Hall–Kier alpha value is -1.39. The van der Waals surface area contributed by atoms with Crippen molar-refractivity contribution in [2.45, 2.75) is 26.2 Å². The van der Waals surface area contributed by atoms with Gasteiger partial charge in [0.15, 0.2) is 0 Å². The highest BCUT2D eigenvalue weighted by Crippen LogP contribution is 2.11. The molecule has 0 aliphatic carbocycles. The summed E-state index contributed by atoms with van der Waals surface area (Å²) in [6, 6.07) is -0.720.